The van der Waals surface area contributed by atoms with Gasteiger partial charge in [-0.05, 0) is 78.9 Å². The van der Waals surface area contributed by atoms with Crippen molar-refractivity contribution in [1.29, 1.82) is 0 Å². The van der Waals surface area contributed by atoms with Crippen LogP contribution >= 0.6 is 15.9 Å². The molecule has 0 radical (unpaired) electrons. The Balaban J connectivity index is 1.01. The van der Waals surface area contributed by atoms with Crippen molar-refractivity contribution in [2.24, 2.45) is 17.6 Å². The summed E-state index contributed by atoms with van der Waals surface area (Å²) in [4.78, 5) is 101. The molecule has 71 heavy (non-hydrogen) atoms. The van der Waals surface area contributed by atoms with E-state index in [0.29, 0.717) is 72.6 Å². The standard InChI is InChI=1S/C54H65BrN8O8/c1-5-20-57-49(66)19-17-39(33(2)3)51(67)60-43(11-8-21-58-53(56)69)47(65)27-34-12-15-36(16-13-34)46(64)28-35-14-18-42-37(26-35)29-44(59-42)52(68)63-32-38(31-55)50-41-10-7-6-9-40(41)48(30-45(50)63)71-54(70)62-24-22-61(4)23-25-62/h6-7,9-10,12-16,18,26,29-30,33,38-39,43,59H,5,8,11,17,19-25,27-28,31-32H2,1-4H3,(H,57,66)(H,60,67)(H3,56,58,69)/t38-,39+,43+/m1/s1. The molecule has 16 nitrogen and oxygen atoms in total. The van der Waals surface area contributed by atoms with E-state index in [-0.39, 0.29) is 73.4 Å². The molecular formula is C54H65BrN8O8. The van der Waals surface area contributed by atoms with Gasteiger partial charge in [-0.25, -0.2) is 9.59 Å². The number of piperazine rings is 1. The van der Waals surface area contributed by atoms with E-state index in [2.05, 4.69) is 41.8 Å². The van der Waals surface area contributed by atoms with Gasteiger partial charge in [0.1, 0.15) is 11.4 Å². The normalized spacial score (nSPS) is 15.6. The summed E-state index contributed by atoms with van der Waals surface area (Å²) in [5.41, 5.74) is 9.95. The lowest BCUT2D eigenvalue weighted by molar-refractivity contribution is -0.131. The molecule has 6 N–H and O–H groups in total. The molecular weight excluding hydrogens is 969 g/mol. The number of aromatic nitrogens is 1. The first-order chi connectivity index (χ1) is 34.1. The van der Waals surface area contributed by atoms with E-state index in [0.717, 1.165) is 52.3 Å². The molecule has 7 rings (SSSR count). The predicted molar refractivity (Wildman–Crippen MR) is 278 cm³/mol. The fraction of sp³-hybridized carbons (Fsp3) is 0.426. The third-order valence-electron chi connectivity index (χ3n) is 13.5. The molecule has 0 saturated carbocycles. The van der Waals surface area contributed by atoms with E-state index in [4.69, 9.17) is 10.5 Å². The van der Waals surface area contributed by atoms with Gasteiger partial charge in [-0.1, -0.05) is 91.3 Å². The average molecular weight is 1030 g/mol. The van der Waals surface area contributed by atoms with Crippen molar-refractivity contribution in [3.05, 3.63) is 107 Å². The smallest absolute Gasteiger partial charge is 0.409 e. The van der Waals surface area contributed by atoms with Gasteiger partial charge in [0, 0.05) is 110 Å². The van der Waals surface area contributed by atoms with Crippen molar-refractivity contribution in [3.63, 3.8) is 0 Å². The number of rotatable bonds is 21. The summed E-state index contributed by atoms with van der Waals surface area (Å²) in [5.74, 6) is -1.18. The highest BCUT2D eigenvalue weighted by Crippen LogP contribution is 2.46. The van der Waals surface area contributed by atoms with Crippen LogP contribution in [-0.4, -0.2) is 120 Å². The minimum atomic E-state index is -0.845. The molecule has 3 atom stereocenters. The Kier molecular flexibility index (Phi) is 17.7. The van der Waals surface area contributed by atoms with Gasteiger partial charge < -0.3 is 46.1 Å². The number of nitrogens with zero attached hydrogens (tertiary/aromatic N) is 3. The van der Waals surface area contributed by atoms with Crippen LogP contribution in [0.4, 0.5) is 15.3 Å². The minimum Gasteiger partial charge on any atom is -0.409 e. The monoisotopic (exact) mass is 1030 g/mol. The number of likely N-dealkylation sites (N-methyl/N-ethyl adjacent to an activating group) is 1. The Morgan fingerprint density at radius 2 is 1.56 bits per heavy atom. The topological polar surface area (TPSA) is 216 Å². The molecule has 2 aliphatic rings. The van der Waals surface area contributed by atoms with Crippen LogP contribution in [0.15, 0.2) is 78.9 Å². The fourth-order valence-corrected chi connectivity index (χ4v) is 9.98. The summed E-state index contributed by atoms with van der Waals surface area (Å²) in [6, 6.07) is 22.4. The second kappa shape index (κ2) is 24.0. The lowest BCUT2D eigenvalue weighted by Gasteiger charge is -2.31. The second-order valence-electron chi connectivity index (χ2n) is 19.1. The number of aromatic amines is 1. The number of ether oxygens (including phenoxy) is 1. The van der Waals surface area contributed by atoms with Crippen LogP contribution < -0.4 is 31.3 Å². The van der Waals surface area contributed by atoms with Gasteiger partial charge in [0.2, 0.25) is 11.8 Å². The summed E-state index contributed by atoms with van der Waals surface area (Å²) in [6.07, 6.45) is 1.68. The van der Waals surface area contributed by atoms with Crippen molar-refractivity contribution in [3.8, 4) is 5.75 Å². The van der Waals surface area contributed by atoms with E-state index in [1.165, 1.54) is 0 Å². The third-order valence-corrected chi connectivity index (χ3v) is 14.3. The number of primary amides is 1. The molecule has 2 aliphatic heterocycles. The number of hydrogen-bond donors (Lipinski definition) is 5. The number of halogens is 1. The maximum Gasteiger partial charge on any atom is 0.415 e. The highest BCUT2D eigenvalue weighted by molar-refractivity contribution is 9.09. The molecule has 1 fully saturated rings. The lowest BCUT2D eigenvalue weighted by Crippen LogP contribution is -2.48. The van der Waals surface area contributed by atoms with E-state index < -0.39 is 24.1 Å². The largest absolute Gasteiger partial charge is 0.415 e. The molecule has 1 aromatic heterocycles. The number of H-pyrrole nitrogens is 1. The van der Waals surface area contributed by atoms with Crippen molar-refractivity contribution >= 4 is 84.7 Å². The zero-order valence-corrected chi connectivity index (χ0v) is 42.6. The predicted octanol–water partition coefficient (Wildman–Crippen LogP) is 7.26. The number of hydrogen-bond acceptors (Lipinski definition) is 9. The zero-order valence-electron chi connectivity index (χ0n) is 41.0. The molecule has 5 aromatic rings. The lowest BCUT2D eigenvalue weighted by atomic mass is 9.89. The number of carbonyl (C=O) groups excluding carboxylic acids is 7. The molecule has 4 aromatic carbocycles. The molecule has 0 spiro atoms. The molecule has 17 heteroatoms. The number of nitrogens with one attached hydrogen (secondary N) is 4. The van der Waals surface area contributed by atoms with Crippen molar-refractivity contribution in [2.75, 3.05) is 63.1 Å². The summed E-state index contributed by atoms with van der Waals surface area (Å²) < 4.78 is 6.08. The maximum atomic E-state index is 14.5. The van der Waals surface area contributed by atoms with E-state index in [1.54, 1.807) is 40.1 Å². The van der Waals surface area contributed by atoms with E-state index in [1.807, 2.05) is 76.3 Å². The van der Waals surface area contributed by atoms with E-state index >= 15 is 0 Å². The molecule has 1 saturated heterocycles. The number of benzene rings is 4. The minimum absolute atomic E-state index is 0.00153. The number of urea groups is 1. The Labute approximate surface area is 422 Å². The van der Waals surface area contributed by atoms with E-state index in [9.17, 15) is 33.6 Å². The highest BCUT2D eigenvalue weighted by Gasteiger charge is 2.36. The Morgan fingerprint density at radius 1 is 0.845 bits per heavy atom. The zero-order chi connectivity index (χ0) is 50.8. The Bertz CT molecular complexity index is 2770. The van der Waals surface area contributed by atoms with Gasteiger partial charge in [-0.15, -0.1) is 0 Å². The highest BCUT2D eigenvalue weighted by atomic mass is 79.9. The summed E-state index contributed by atoms with van der Waals surface area (Å²) in [5, 5.41) is 11.4. The molecule has 0 bridgehead atoms. The number of nitrogens with two attached hydrogens (primary N) is 1. The Morgan fingerprint density at radius 3 is 2.25 bits per heavy atom. The third kappa shape index (κ3) is 13.0. The van der Waals surface area contributed by atoms with Crippen LogP contribution in [0.2, 0.25) is 0 Å². The number of fused-ring (bicyclic) bond motifs is 4. The number of alkyl halides is 1. The summed E-state index contributed by atoms with van der Waals surface area (Å²) in [7, 11) is 2.03. The first-order valence-electron chi connectivity index (χ1n) is 24.6. The number of Topliss-reactive ketones (excluding diaryl/α,β-unsaturated/α-hetero) is 2. The molecule has 0 aliphatic carbocycles. The fourth-order valence-electron chi connectivity index (χ4n) is 9.45. The molecule has 6 amide bonds. The summed E-state index contributed by atoms with van der Waals surface area (Å²) in [6.45, 7) is 9.66. The first kappa shape index (κ1) is 52.2. The van der Waals surface area contributed by atoms with Gasteiger partial charge in [0.05, 0.1) is 11.7 Å². The number of anilines is 1. The summed E-state index contributed by atoms with van der Waals surface area (Å²) >= 11 is 3.69. The molecule has 376 valence electrons. The molecule has 3 heterocycles. The van der Waals surface area contributed by atoms with Crippen molar-refractivity contribution in [1.82, 2.24) is 30.7 Å². The van der Waals surface area contributed by atoms with Crippen LogP contribution in [0.3, 0.4) is 0 Å². The van der Waals surface area contributed by atoms with Gasteiger partial charge in [0.15, 0.2) is 11.6 Å². The SMILES string of the molecule is CCCNC(=O)CC[C@H](C(=O)N[C@@H](CCCNC(N)=O)C(=O)Cc1ccc(C(=O)Cc2ccc3[nH]c(C(=O)N4C[C@@H](CBr)c5c4cc(OC(=O)N4CCN(C)CC4)c4ccccc54)cc3c2)cc1)C(C)C. The first-order valence-corrected chi connectivity index (χ1v) is 25.7. The van der Waals surface area contributed by atoms with Gasteiger partial charge in [0.25, 0.3) is 5.91 Å². The second-order valence-corrected chi connectivity index (χ2v) is 19.7. The quantitative estimate of drug-likeness (QED) is 0.0284. The average Bonchev–Trinajstić information content (AvgIpc) is 3.96. The van der Waals surface area contributed by atoms with Crippen molar-refractivity contribution in [2.45, 2.75) is 77.7 Å². The van der Waals surface area contributed by atoms with Crippen LogP contribution in [0.25, 0.3) is 21.7 Å². The Hall–Kier alpha value is -6.59. The number of amides is 6. The van der Waals surface area contributed by atoms with Gasteiger partial charge >= 0.3 is 12.1 Å². The maximum absolute atomic E-state index is 14.5. The van der Waals surface area contributed by atoms with Crippen LogP contribution in [-0.2, 0) is 27.2 Å². The number of carbonyl (C=O) groups is 7. The van der Waals surface area contributed by atoms with Crippen LogP contribution in [0.1, 0.15) is 96.3 Å². The van der Waals surface area contributed by atoms with Gasteiger partial charge in [-0.2, -0.15) is 0 Å². The van der Waals surface area contributed by atoms with Crippen molar-refractivity contribution < 1.29 is 38.3 Å². The number of ketones is 2. The molecule has 0 unspecified atom stereocenters. The van der Waals surface area contributed by atoms with Gasteiger partial charge in [-0.3, -0.25) is 24.0 Å². The van der Waals surface area contributed by atoms with Crippen LogP contribution in [0.5, 0.6) is 5.75 Å². The van der Waals surface area contributed by atoms with Crippen LogP contribution in [0, 0.1) is 11.8 Å².